The Kier molecular flexibility index (Phi) is 3.66. The zero-order valence-corrected chi connectivity index (χ0v) is 12.3. The number of H-pyrrole nitrogens is 1. The van der Waals surface area contributed by atoms with E-state index >= 15 is 0 Å². The van der Waals surface area contributed by atoms with Crippen LogP contribution in [0, 0.1) is 0 Å². The number of likely N-dealkylation sites (N-methyl/N-ethyl adjacent to an activating group) is 1. The van der Waals surface area contributed by atoms with Gasteiger partial charge < -0.3 is 15.2 Å². The Morgan fingerprint density at radius 2 is 2.05 bits per heavy atom. The molecule has 0 spiro atoms. The maximum absolute atomic E-state index is 12.5. The van der Waals surface area contributed by atoms with Crippen molar-refractivity contribution in [1.29, 1.82) is 0 Å². The predicted octanol–water partition coefficient (Wildman–Crippen LogP) is 0.879. The first kappa shape index (κ1) is 14.3. The molecule has 0 bridgehead atoms. The molecule has 6 nitrogen and oxygen atoms in total. The van der Waals surface area contributed by atoms with Gasteiger partial charge in [-0.15, -0.1) is 0 Å². The molecule has 1 aromatic heterocycles. The molecule has 2 N–H and O–H groups in total. The SMILES string of the molecule is CN(CC(=O)NC1CC1)C(=O)c1cc(=O)[nH]c2ccccc12. The van der Waals surface area contributed by atoms with Gasteiger partial charge in [0.25, 0.3) is 5.91 Å². The fourth-order valence-corrected chi connectivity index (χ4v) is 2.38. The summed E-state index contributed by atoms with van der Waals surface area (Å²) >= 11 is 0. The quantitative estimate of drug-likeness (QED) is 0.879. The third kappa shape index (κ3) is 3.00. The predicted molar refractivity (Wildman–Crippen MR) is 82.7 cm³/mol. The van der Waals surface area contributed by atoms with Gasteiger partial charge in [-0.05, 0) is 18.9 Å². The summed E-state index contributed by atoms with van der Waals surface area (Å²) in [6.07, 6.45) is 2.00. The molecule has 2 amide bonds. The molecule has 114 valence electrons. The number of carbonyl (C=O) groups is 2. The standard InChI is InChI=1S/C16H17N3O3/c1-19(9-15(21)17-10-6-7-10)16(22)12-8-14(20)18-13-5-3-2-4-11(12)13/h2-5,8,10H,6-7,9H2,1H3,(H,17,21)(H,18,20). The minimum Gasteiger partial charge on any atom is -0.352 e. The molecule has 1 aromatic carbocycles. The third-order valence-electron chi connectivity index (χ3n) is 3.65. The van der Waals surface area contributed by atoms with Crippen LogP contribution in [0.15, 0.2) is 35.1 Å². The van der Waals surface area contributed by atoms with Crippen molar-refractivity contribution in [2.75, 3.05) is 13.6 Å². The Balaban J connectivity index is 1.84. The monoisotopic (exact) mass is 299 g/mol. The van der Waals surface area contributed by atoms with Gasteiger partial charge in [0.05, 0.1) is 12.1 Å². The molecule has 0 radical (unpaired) electrons. The molecule has 6 heteroatoms. The van der Waals surface area contributed by atoms with Gasteiger partial charge in [0.1, 0.15) is 0 Å². The smallest absolute Gasteiger partial charge is 0.254 e. The van der Waals surface area contributed by atoms with Crippen LogP contribution in [-0.2, 0) is 4.79 Å². The average molecular weight is 299 g/mol. The van der Waals surface area contributed by atoms with Crippen LogP contribution in [0.4, 0.5) is 0 Å². The van der Waals surface area contributed by atoms with Gasteiger partial charge in [-0.3, -0.25) is 14.4 Å². The summed E-state index contributed by atoms with van der Waals surface area (Å²) in [6.45, 7) is -0.0174. The van der Waals surface area contributed by atoms with E-state index in [1.165, 1.54) is 11.0 Å². The number of hydrogen-bond acceptors (Lipinski definition) is 3. The lowest BCUT2D eigenvalue weighted by Crippen LogP contribution is -2.39. The highest BCUT2D eigenvalue weighted by atomic mass is 16.2. The van der Waals surface area contributed by atoms with Crippen LogP contribution in [0.3, 0.4) is 0 Å². The number of nitrogens with one attached hydrogen (secondary N) is 2. The summed E-state index contributed by atoms with van der Waals surface area (Å²) < 4.78 is 0. The minimum absolute atomic E-state index is 0.0174. The Morgan fingerprint density at radius 1 is 1.32 bits per heavy atom. The number of pyridine rings is 1. The fraction of sp³-hybridized carbons (Fsp3) is 0.312. The molecule has 1 aliphatic rings. The number of nitrogens with zero attached hydrogens (tertiary/aromatic N) is 1. The van der Waals surface area contributed by atoms with Gasteiger partial charge in [0.2, 0.25) is 11.5 Å². The van der Waals surface area contributed by atoms with Gasteiger partial charge in [-0.2, -0.15) is 0 Å². The van der Waals surface area contributed by atoms with Crippen molar-refractivity contribution in [1.82, 2.24) is 15.2 Å². The molecule has 22 heavy (non-hydrogen) atoms. The number of hydrogen-bond donors (Lipinski definition) is 2. The molecule has 0 unspecified atom stereocenters. The van der Waals surface area contributed by atoms with E-state index in [0.29, 0.717) is 16.5 Å². The molecule has 0 atom stereocenters. The minimum atomic E-state index is -0.340. The molecule has 3 rings (SSSR count). The number of fused-ring (bicyclic) bond motifs is 1. The second-order valence-corrected chi connectivity index (χ2v) is 5.60. The molecule has 0 saturated heterocycles. The second-order valence-electron chi connectivity index (χ2n) is 5.60. The molecule has 0 aliphatic heterocycles. The Bertz CT molecular complexity index is 793. The first-order valence-electron chi connectivity index (χ1n) is 7.21. The van der Waals surface area contributed by atoms with Gasteiger partial charge in [0, 0.05) is 30.1 Å². The molecule has 1 saturated carbocycles. The maximum Gasteiger partial charge on any atom is 0.254 e. The Morgan fingerprint density at radius 3 is 2.77 bits per heavy atom. The van der Waals surface area contributed by atoms with E-state index in [-0.39, 0.29) is 30.0 Å². The zero-order valence-electron chi connectivity index (χ0n) is 12.3. The van der Waals surface area contributed by atoms with Gasteiger partial charge in [-0.1, -0.05) is 18.2 Å². The third-order valence-corrected chi connectivity index (χ3v) is 3.65. The van der Waals surface area contributed by atoms with Crippen LogP contribution in [0.5, 0.6) is 0 Å². The zero-order chi connectivity index (χ0) is 15.7. The van der Waals surface area contributed by atoms with Gasteiger partial charge in [-0.25, -0.2) is 0 Å². The summed E-state index contributed by atoms with van der Waals surface area (Å²) in [6, 6.07) is 8.65. The Hall–Kier alpha value is -2.63. The highest BCUT2D eigenvalue weighted by Gasteiger charge is 2.25. The molecule has 1 aliphatic carbocycles. The highest BCUT2D eigenvalue weighted by molar-refractivity contribution is 6.06. The molecule has 2 aromatic rings. The van der Waals surface area contributed by atoms with E-state index < -0.39 is 0 Å². The van der Waals surface area contributed by atoms with Crippen molar-refractivity contribution >= 4 is 22.7 Å². The molecular formula is C16H17N3O3. The topological polar surface area (TPSA) is 82.3 Å². The van der Waals surface area contributed by atoms with Crippen LogP contribution in [-0.4, -0.2) is 41.3 Å². The largest absolute Gasteiger partial charge is 0.352 e. The lowest BCUT2D eigenvalue weighted by molar-refractivity contribution is -0.121. The second kappa shape index (κ2) is 5.63. The summed E-state index contributed by atoms with van der Waals surface area (Å²) in [7, 11) is 1.56. The number of amides is 2. The normalized spacial score (nSPS) is 13.9. The number of rotatable bonds is 4. The number of benzene rings is 1. The lowest BCUT2D eigenvalue weighted by Gasteiger charge is -2.17. The molecular weight excluding hydrogens is 282 g/mol. The summed E-state index contributed by atoms with van der Waals surface area (Å²) in [5.74, 6) is -0.513. The van der Waals surface area contributed by atoms with Gasteiger partial charge >= 0.3 is 0 Å². The lowest BCUT2D eigenvalue weighted by atomic mass is 10.1. The van der Waals surface area contributed by atoms with Crippen molar-refractivity contribution in [3.63, 3.8) is 0 Å². The first-order valence-corrected chi connectivity index (χ1v) is 7.21. The summed E-state index contributed by atoms with van der Waals surface area (Å²) in [5.41, 5.74) is 0.577. The van der Waals surface area contributed by atoms with Crippen molar-refractivity contribution in [2.45, 2.75) is 18.9 Å². The Labute approximate surface area is 127 Å². The number of aromatic nitrogens is 1. The van der Waals surface area contributed by atoms with E-state index in [9.17, 15) is 14.4 Å². The van der Waals surface area contributed by atoms with E-state index in [1.807, 2.05) is 0 Å². The van der Waals surface area contributed by atoms with Crippen molar-refractivity contribution in [2.24, 2.45) is 0 Å². The number of para-hydroxylation sites is 1. The number of aromatic amines is 1. The van der Waals surface area contributed by atoms with E-state index in [0.717, 1.165) is 12.8 Å². The van der Waals surface area contributed by atoms with Crippen molar-refractivity contribution in [3.8, 4) is 0 Å². The van der Waals surface area contributed by atoms with Crippen molar-refractivity contribution < 1.29 is 9.59 Å². The van der Waals surface area contributed by atoms with Crippen molar-refractivity contribution in [3.05, 3.63) is 46.2 Å². The maximum atomic E-state index is 12.5. The summed E-state index contributed by atoms with van der Waals surface area (Å²) in [5, 5.41) is 3.51. The van der Waals surface area contributed by atoms with Gasteiger partial charge in [0.15, 0.2) is 0 Å². The highest BCUT2D eigenvalue weighted by Crippen LogP contribution is 2.19. The summed E-state index contributed by atoms with van der Waals surface area (Å²) in [4.78, 5) is 40.1. The number of carbonyl (C=O) groups excluding carboxylic acids is 2. The van der Waals surface area contributed by atoms with Crippen LogP contribution < -0.4 is 10.9 Å². The van der Waals surface area contributed by atoms with E-state index in [1.54, 1.807) is 31.3 Å². The molecule has 1 fully saturated rings. The first-order chi connectivity index (χ1) is 10.5. The van der Waals surface area contributed by atoms with E-state index in [2.05, 4.69) is 10.3 Å². The van der Waals surface area contributed by atoms with Crippen LogP contribution in [0.1, 0.15) is 23.2 Å². The van der Waals surface area contributed by atoms with Crippen LogP contribution in [0.25, 0.3) is 10.9 Å². The van der Waals surface area contributed by atoms with Crippen LogP contribution >= 0.6 is 0 Å². The average Bonchev–Trinajstić information content (AvgIpc) is 3.29. The van der Waals surface area contributed by atoms with Crippen LogP contribution in [0.2, 0.25) is 0 Å². The molecule has 1 heterocycles. The fourth-order valence-electron chi connectivity index (χ4n) is 2.38. The van der Waals surface area contributed by atoms with E-state index in [4.69, 9.17) is 0 Å².